The first-order valence-electron chi connectivity index (χ1n) is 5.85. The smallest absolute Gasteiger partial charge is 0.433 e. The van der Waals surface area contributed by atoms with Gasteiger partial charge in [-0.25, -0.2) is 0 Å². The first kappa shape index (κ1) is 16.3. The summed E-state index contributed by atoms with van der Waals surface area (Å²) in [6, 6.07) is 0.764. The summed E-state index contributed by atoms with van der Waals surface area (Å²) in [6.45, 7) is 5.10. The Balaban J connectivity index is 2.94. The van der Waals surface area contributed by atoms with E-state index < -0.39 is 23.4 Å². The highest BCUT2D eigenvalue weighted by molar-refractivity contribution is 5.73. The van der Waals surface area contributed by atoms with Crippen LogP contribution < -0.4 is 4.74 Å². The zero-order valence-electron chi connectivity index (χ0n) is 11.7. The minimum atomic E-state index is -4.56. The summed E-state index contributed by atoms with van der Waals surface area (Å²) < 4.78 is 47.5. The third kappa shape index (κ3) is 4.71. The van der Waals surface area contributed by atoms with Crippen LogP contribution in [0.2, 0.25) is 0 Å². The molecular formula is C13H16F3NO3. The zero-order chi connectivity index (χ0) is 15.6. The lowest BCUT2D eigenvalue weighted by Crippen LogP contribution is -2.25. The van der Waals surface area contributed by atoms with Crippen molar-refractivity contribution in [3.63, 3.8) is 0 Å². The molecule has 0 radical (unpaired) electrons. The van der Waals surface area contributed by atoms with Crippen LogP contribution in [-0.2, 0) is 22.1 Å². The molecule has 0 saturated heterocycles. The van der Waals surface area contributed by atoms with Gasteiger partial charge in [-0.2, -0.15) is 13.2 Å². The first-order chi connectivity index (χ1) is 9.03. The summed E-state index contributed by atoms with van der Waals surface area (Å²) in [5, 5.41) is 0. The zero-order valence-corrected chi connectivity index (χ0v) is 11.7. The van der Waals surface area contributed by atoms with Crippen LogP contribution in [0.4, 0.5) is 13.2 Å². The molecule has 0 atom stereocenters. The van der Waals surface area contributed by atoms with E-state index in [1.807, 2.05) is 0 Å². The summed E-state index contributed by atoms with van der Waals surface area (Å²) in [7, 11) is 1.23. The van der Waals surface area contributed by atoms with E-state index >= 15 is 0 Å². The number of halogens is 3. The number of hydrogen-bond acceptors (Lipinski definition) is 4. The maximum absolute atomic E-state index is 12.5. The van der Waals surface area contributed by atoms with Gasteiger partial charge in [-0.15, -0.1) is 0 Å². The van der Waals surface area contributed by atoms with Crippen LogP contribution in [0.15, 0.2) is 12.3 Å². The van der Waals surface area contributed by atoms with Crippen LogP contribution in [0, 0.1) is 0 Å². The average molecular weight is 291 g/mol. The Morgan fingerprint density at radius 3 is 2.35 bits per heavy atom. The molecule has 7 heteroatoms. The lowest BCUT2D eigenvalue weighted by Gasteiger charge is -2.20. The normalized spacial score (nSPS) is 12.2. The fourth-order valence-corrected chi connectivity index (χ4v) is 1.48. The standard InChI is InChI=1S/C13H16F3NO3/c1-12(2,3)20-11(18)5-8-7-17-10(13(14,15)16)6-9(8)19-4/h6-7H,5H2,1-4H3. The molecule has 0 aliphatic heterocycles. The van der Waals surface area contributed by atoms with Crippen LogP contribution in [0.1, 0.15) is 32.0 Å². The van der Waals surface area contributed by atoms with Gasteiger partial charge in [0.05, 0.1) is 13.5 Å². The average Bonchev–Trinajstić information content (AvgIpc) is 2.25. The van der Waals surface area contributed by atoms with Crippen LogP contribution in [-0.4, -0.2) is 23.7 Å². The maximum Gasteiger partial charge on any atom is 0.433 e. The summed E-state index contributed by atoms with van der Waals surface area (Å²) >= 11 is 0. The van der Waals surface area contributed by atoms with E-state index in [0.29, 0.717) is 0 Å². The molecule has 112 valence electrons. The number of carbonyl (C=O) groups is 1. The molecule has 0 spiro atoms. The molecule has 20 heavy (non-hydrogen) atoms. The number of hydrogen-bond donors (Lipinski definition) is 0. The van der Waals surface area contributed by atoms with Crippen molar-refractivity contribution in [2.45, 2.75) is 39.0 Å². The summed E-state index contributed by atoms with van der Waals surface area (Å²) in [5.41, 5.74) is -1.49. The van der Waals surface area contributed by atoms with Gasteiger partial charge in [0.25, 0.3) is 0 Å². The molecule has 0 aromatic carbocycles. The summed E-state index contributed by atoms with van der Waals surface area (Å²) in [6.07, 6.45) is -3.78. The Morgan fingerprint density at radius 1 is 1.30 bits per heavy atom. The number of esters is 1. The molecule has 0 N–H and O–H groups in total. The van der Waals surface area contributed by atoms with Gasteiger partial charge in [0.2, 0.25) is 0 Å². The lowest BCUT2D eigenvalue weighted by molar-refractivity contribution is -0.153. The molecule has 0 aliphatic rings. The van der Waals surface area contributed by atoms with Gasteiger partial charge in [-0.05, 0) is 20.8 Å². The Bertz CT molecular complexity index is 493. The second kappa shape index (κ2) is 5.68. The topological polar surface area (TPSA) is 48.4 Å². The number of methoxy groups -OCH3 is 1. The third-order valence-electron chi connectivity index (χ3n) is 2.21. The van der Waals surface area contributed by atoms with E-state index in [4.69, 9.17) is 9.47 Å². The molecule has 1 heterocycles. The van der Waals surface area contributed by atoms with E-state index in [9.17, 15) is 18.0 Å². The van der Waals surface area contributed by atoms with Crippen molar-refractivity contribution < 1.29 is 27.4 Å². The van der Waals surface area contributed by atoms with Crippen LogP contribution in [0.25, 0.3) is 0 Å². The number of rotatable bonds is 3. The number of pyridine rings is 1. The quantitative estimate of drug-likeness (QED) is 0.803. The van der Waals surface area contributed by atoms with Gasteiger partial charge in [0.1, 0.15) is 17.0 Å². The van der Waals surface area contributed by atoms with Crippen molar-refractivity contribution in [3.05, 3.63) is 23.5 Å². The van der Waals surface area contributed by atoms with E-state index in [1.54, 1.807) is 20.8 Å². The highest BCUT2D eigenvalue weighted by Crippen LogP contribution is 2.31. The second-order valence-electron chi connectivity index (χ2n) is 5.14. The number of aromatic nitrogens is 1. The van der Waals surface area contributed by atoms with Gasteiger partial charge in [-0.3, -0.25) is 9.78 Å². The molecule has 1 aromatic rings. The minimum absolute atomic E-state index is 0.0433. The summed E-state index contributed by atoms with van der Waals surface area (Å²) in [5.74, 6) is -0.601. The predicted molar refractivity (Wildman–Crippen MR) is 65.3 cm³/mol. The highest BCUT2D eigenvalue weighted by atomic mass is 19.4. The Hall–Kier alpha value is -1.79. The molecule has 0 fully saturated rings. The van der Waals surface area contributed by atoms with Gasteiger partial charge in [-0.1, -0.05) is 0 Å². The third-order valence-corrected chi connectivity index (χ3v) is 2.21. The van der Waals surface area contributed by atoms with Crippen LogP contribution >= 0.6 is 0 Å². The monoisotopic (exact) mass is 291 g/mol. The van der Waals surface area contributed by atoms with Crippen molar-refractivity contribution >= 4 is 5.97 Å². The molecule has 0 saturated carbocycles. The number of alkyl halides is 3. The Morgan fingerprint density at radius 2 is 1.90 bits per heavy atom. The van der Waals surface area contributed by atoms with Crippen molar-refractivity contribution in [1.29, 1.82) is 0 Å². The Labute approximate surface area is 114 Å². The number of carbonyl (C=O) groups excluding carboxylic acids is 1. The van der Waals surface area contributed by atoms with Gasteiger partial charge in [0.15, 0.2) is 0 Å². The Kier molecular flexibility index (Phi) is 4.62. The van der Waals surface area contributed by atoms with Crippen molar-refractivity contribution in [2.24, 2.45) is 0 Å². The highest BCUT2D eigenvalue weighted by Gasteiger charge is 2.33. The van der Waals surface area contributed by atoms with Crippen molar-refractivity contribution in [2.75, 3.05) is 7.11 Å². The molecule has 1 rings (SSSR count). The molecular weight excluding hydrogens is 275 g/mol. The largest absolute Gasteiger partial charge is 0.496 e. The van der Waals surface area contributed by atoms with Crippen LogP contribution in [0.3, 0.4) is 0 Å². The van der Waals surface area contributed by atoms with Crippen LogP contribution in [0.5, 0.6) is 5.75 Å². The maximum atomic E-state index is 12.5. The molecule has 0 unspecified atom stereocenters. The van der Waals surface area contributed by atoms with E-state index in [1.165, 1.54) is 7.11 Å². The minimum Gasteiger partial charge on any atom is -0.496 e. The SMILES string of the molecule is COc1cc(C(F)(F)F)ncc1CC(=O)OC(C)(C)C. The molecule has 0 amide bonds. The second-order valence-corrected chi connectivity index (χ2v) is 5.14. The van der Waals surface area contributed by atoms with Gasteiger partial charge in [0, 0.05) is 17.8 Å². The van der Waals surface area contributed by atoms with E-state index in [-0.39, 0.29) is 17.7 Å². The number of ether oxygens (including phenoxy) is 2. The fourth-order valence-electron chi connectivity index (χ4n) is 1.48. The van der Waals surface area contributed by atoms with Crippen molar-refractivity contribution in [3.8, 4) is 5.75 Å². The van der Waals surface area contributed by atoms with Crippen molar-refractivity contribution in [1.82, 2.24) is 4.98 Å². The summed E-state index contributed by atoms with van der Waals surface area (Å²) in [4.78, 5) is 14.9. The lowest BCUT2D eigenvalue weighted by atomic mass is 10.1. The molecule has 0 bridgehead atoms. The number of nitrogens with zero attached hydrogens (tertiary/aromatic N) is 1. The first-order valence-corrected chi connectivity index (χ1v) is 5.85. The van der Waals surface area contributed by atoms with E-state index in [0.717, 1.165) is 12.3 Å². The van der Waals surface area contributed by atoms with Gasteiger partial charge >= 0.3 is 12.1 Å². The van der Waals surface area contributed by atoms with Gasteiger partial charge < -0.3 is 9.47 Å². The molecule has 1 aromatic heterocycles. The molecule has 0 aliphatic carbocycles. The fraction of sp³-hybridized carbons (Fsp3) is 0.538. The molecule has 4 nitrogen and oxygen atoms in total. The predicted octanol–water partition coefficient (Wildman–Crippen LogP) is 2.99. The van der Waals surface area contributed by atoms with E-state index in [2.05, 4.69) is 4.98 Å².